The van der Waals surface area contributed by atoms with Gasteiger partial charge in [0.2, 0.25) is 0 Å². The lowest BCUT2D eigenvalue weighted by molar-refractivity contribution is 0.237. The van der Waals surface area contributed by atoms with Gasteiger partial charge in [0.1, 0.15) is 11.5 Å². The molecular weight excluding hydrogens is 340 g/mol. The van der Waals surface area contributed by atoms with Gasteiger partial charge in [-0.2, -0.15) is 0 Å². The third-order valence-electron chi connectivity index (χ3n) is 5.18. The van der Waals surface area contributed by atoms with E-state index >= 15 is 0 Å². The SMILES string of the molecule is Cc1cc(CN2CCCC2c2nnn3cc(-c4ccncc4)ccc23)no1. The van der Waals surface area contributed by atoms with Crippen molar-refractivity contribution < 1.29 is 4.52 Å². The first kappa shape index (κ1) is 16.1. The van der Waals surface area contributed by atoms with E-state index in [-0.39, 0.29) is 6.04 Å². The largest absolute Gasteiger partial charge is 0.361 e. The molecule has 1 aliphatic rings. The highest BCUT2D eigenvalue weighted by Gasteiger charge is 2.30. The third-order valence-corrected chi connectivity index (χ3v) is 5.18. The molecule has 1 atom stereocenters. The minimum atomic E-state index is 0.256. The van der Waals surface area contributed by atoms with Crippen molar-refractivity contribution in [3.05, 3.63) is 66.1 Å². The Kier molecular flexibility index (Phi) is 3.94. The Morgan fingerprint density at radius 2 is 2.04 bits per heavy atom. The first-order valence-electron chi connectivity index (χ1n) is 9.19. The van der Waals surface area contributed by atoms with Crippen LogP contribution in [0.2, 0.25) is 0 Å². The smallest absolute Gasteiger partial charge is 0.133 e. The van der Waals surface area contributed by atoms with Crippen LogP contribution in [0.3, 0.4) is 0 Å². The number of aryl methyl sites for hydroxylation is 1. The van der Waals surface area contributed by atoms with Crippen LogP contribution in [0.15, 0.2) is 53.4 Å². The normalized spacial score (nSPS) is 17.7. The fraction of sp³-hybridized carbons (Fsp3) is 0.300. The maximum Gasteiger partial charge on any atom is 0.133 e. The van der Waals surface area contributed by atoms with E-state index in [4.69, 9.17) is 4.52 Å². The first-order chi connectivity index (χ1) is 13.3. The van der Waals surface area contributed by atoms with E-state index in [0.717, 1.165) is 59.7 Å². The van der Waals surface area contributed by atoms with Gasteiger partial charge >= 0.3 is 0 Å². The number of likely N-dealkylation sites (tertiary alicyclic amines) is 1. The van der Waals surface area contributed by atoms with Crippen LogP contribution in [0.25, 0.3) is 16.6 Å². The number of aromatic nitrogens is 5. The number of pyridine rings is 2. The summed E-state index contributed by atoms with van der Waals surface area (Å²) in [5.74, 6) is 0.846. The molecule has 0 radical (unpaired) electrons. The molecule has 5 rings (SSSR count). The molecule has 5 heterocycles. The molecule has 0 aromatic carbocycles. The Labute approximate surface area is 156 Å². The van der Waals surface area contributed by atoms with Crippen molar-refractivity contribution in [2.24, 2.45) is 0 Å². The van der Waals surface area contributed by atoms with E-state index in [1.165, 1.54) is 0 Å². The summed E-state index contributed by atoms with van der Waals surface area (Å²) >= 11 is 0. The van der Waals surface area contributed by atoms with Gasteiger partial charge in [0, 0.05) is 36.8 Å². The summed E-state index contributed by atoms with van der Waals surface area (Å²) in [6.45, 7) is 3.73. The van der Waals surface area contributed by atoms with Crippen LogP contribution in [-0.4, -0.2) is 36.4 Å². The van der Waals surface area contributed by atoms with E-state index in [1.54, 1.807) is 12.4 Å². The highest BCUT2D eigenvalue weighted by atomic mass is 16.5. The zero-order chi connectivity index (χ0) is 18.2. The van der Waals surface area contributed by atoms with Crippen molar-refractivity contribution in [2.75, 3.05) is 6.54 Å². The maximum atomic E-state index is 5.21. The Balaban J connectivity index is 1.45. The molecule has 7 nitrogen and oxygen atoms in total. The molecule has 0 bridgehead atoms. The molecule has 136 valence electrons. The van der Waals surface area contributed by atoms with Crippen LogP contribution in [0.5, 0.6) is 0 Å². The Morgan fingerprint density at radius 3 is 2.85 bits per heavy atom. The second-order valence-corrected chi connectivity index (χ2v) is 7.02. The van der Waals surface area contributed by atoms with E-state index in [1.807, 2.05) is 35.8 Å². The molecule has 1 unspecified atom stereocenters. The third kappa shape index (κ3) is 3.00. The van der Waals surface area contributed by atoms with Crippen LogP contribution in [-0.2, 0) is 6.54 Å². The molecule has 0 saturated carbocycles. The number of nitrogens with zero attached hydrogens (tertiary/aromatic N) is 6. The molecular formula is C20H20N6O. The summed E-state index contributed by atoms with van der Waals surface area (Å²) < 4.78 is 7.09. The average Bonchev–Trinajstić information content (AvgIpc) is 3.42. The zero-order valence-electron chi connectivity index (χ0n) is 15.1. The minimum Gasteiger partial charge on any atom is -0.361 e. The first-order valence-corrected chi connectivity index (χ1v) is 9.19. The summed E-state index contributed by atoms with van der Waals surface area (Å²) in [6.07, 6.45) is 7.86. The molecule has 1 fully saturated rings. The van der Waals surface area contributed by atoms with Crippen molar-refractivity contribution >= 4 is 5.52 Å². The van der Waals surface area contributed by atoms with Crippen LogP contribution in [0.1, 0.15) is 36.0 Å². The standard InChI is InChI=1S/C20H20N6O/c1-14-11-17(23-27-14)13-25-10-2-3-18(25)20-19-5-4-16(12-26(19)24-22-20)15-6-8-21-9-7-15/h4-9,11-12,18H,2-3,10,13H2,1H3. The van der Waals surface area contributed by atoms with Crippen molar-refractivity contribution in [3.63, 3.8) is 0 Å². The second-order valence-electron chi connectivity index (χ2n) is 7.02. The van der Waals surface area contributed by atoms with Gasteiger partial charge in [0.15, 0.2) is 0 Å². The Hall–Kier alpha value is -3.06. The summed E-state index contributed by atoms with van der Waals surface area (Å²) in [6, 6.07) is 10.5. The molecule has 0 amide bonds. The lowest BCUT2D eigenvalue weighted by Crippen LogP contribution is -2.23. The minimum absolute atomic E-state index is 0.256. The van der Waals surface area contributed by atoms with Gasteiger partial charge in [-0.1, -0.05) is 16.4 Å². The molecule has 7 heteroatoms. The second kappa shape index (κ2) is 6.59. The quantitative estimate of drug-likeness (QED) is 0.555. The number of rotatable bonds is 4. The number of fused-ring (bicyclic) bond motifs is 1. The van der Waals surface area contributed by atoms with Crippen LogP contribution in [0.4, 0.5) is 0 Å². The fourth-order valence-electron chi connectivity index (χ4n) is 3.89. The van der Waals surface area contributed by atoms with E-state index in [9.17, 15) is 0 Å². The number of hydrogen-bond donors (Lipinski definition) is 0. The van der Waals surface area contributed by atoms with Crippen LogP contribution in [0, 0.1) is 6.92 Å². The molecule has 4 aromatic rings. The highest BCUT2D eigenvalue weighted by molar-refractivity contribution is 5.65. The topological polar surface area (TPSA) is 72.4 Å². The highest BCUT2D eigenvalue weighted by Crippen LogP contribution is 2.34. The van der Waals surface area contributed by atoms with Gasteiger partial charge in [0.05, 0.1) is 17.3 Å². The van der Waals surface area contributed by atoms with Gasteiger partial charge in [0.25, 0.3) is 0 Å². The van der Waals surface area contributed by atoms with Gasteiger partial charge < -0.3 is 4.52 Å². The summed E-state index contributed by atoms with van der Waals surface area (Å²) in [5.41, 5.74) is 5.28. The molecule has 0 spiro atoms. The van der Waals surface area contributed by atoms with E-state index in [0.29, 0.717) is 0 Å². The molecule has 27 heavy (non-hydrogen) atoms. The van der Waals surface area contributed by atoms with Crippen molar-refractivity contribution in [2.45, 2.75) is 32.4 Å². The van der Waals surface area contributed by atoms with Gasteiger partial charge in [-0.15, -0.1) is 5.10 Å². The predicted molar refractivity (Wildman–Crippen MR) is 99.8 cm³/mol. The zero-order valence-corrected chi connectivity index (χ0v) is 15.1. The van der Waals surface area contributed by atoms with E-state index < -0.39 is 0 Å². The lowest BCUT2D eigenvalue weighted by atomic mass is 10.1. The average molecular weight is 360 g/mol. The van der Waals surface area contributed by atoms with Crippen molar-refractivity contribution in [3.8, 4) is 11.1 Å². The Bertz CT molecular complexity index is 1070. The monoisotopic (exact) mass is 360 g/mol. The summed E-state index contributed by atoms with van der Waals surface area (Å²) in [4.78, 5) is 6.50. The molecule has 0 N–H and O–H groups in total. The Morgan fingerprint density at radius 1 is 1.15 bits per heavy atom. The van der Waals surface area contributed by atoms with Crippen molar-refractivity contribution in [1.29, 1.82) is 0 Å². The maximum absolute atomic E-state index is 5.21. The summed E-state index contributed by atoms with van der Waals surface area (Å²) in [7, 11) is 0. The fourth-order valence-corrected chi connectivity index (χ4v) is 3.89. The lowest BCUT2D eigenvalue weighted by Gasteiger charge is -2.21. The van der Waals surface area contributed by atoms with Crippen molar-refractivity contribution in [1.82, 2.24) is 29.9 Å². The summed E-state index contributed by atoms with van der Waals surface area (Å²) in [5, 5.41) is 13.0. The van der Waals surface area contributed by atoms with Gasteiger partial charge in [-0.05, 0) is 50.1 Å². The van der Waals surface area contributed by atoms with Gasteiger partial charge in [-0.3, -0.25) is 9.88 Å². The molecule has 0 aliphatic carbocycles. The number of hydrogen-bond acceptors (Lipinski definition) is 6. The molecule has 1 saturated heterocycles. The van der Waals surface area contributed by atoms with Crippen LogP contribution >= 0.6 is 0 Å². The molecule has 1 aliphatic heterocycles. The van der Waals surface area contributed by atoms with Gasteiger partial charge in [-0.25, -0.2) is 4.52 Å². The molecule has 4 aromatic heterocycles. The van der Waals surface area contributed by atoms with E-state index in [2.05, 4.69) is 37.5 Å². The predicted octanol–water partition coefficient (Wildman–Crippen LogP) is 3.42. The van der Waals surface area contributed by atoms with Crippen LogP contribution < -0.4 is 0 Å².